The van der Waals surface area contributed by atoms with Crippen molar-refractivity contribution in [1.29, 1.82) is 0 Å². The molecule has 1 atom stereocenters. The van der Waals surface area contributed by atoms with Crippen LogP contribution in [0.4, 0.5) is 5.69 Å². The van der Waals surface area contributed by atoms with E-state index in [0.29, 0.717) is 16.2 Å². The topological polar surface area (TPSA) is 45.8 Å². The Kier molecular flexibility index (Phi) is 8.58. The number of benzene rings is 1. The number of hydrogen-bond donors (Lipinski definition) is 0. The number of fused-ring (bicyclic) bond motifs is 1. The Hall–Kier alpha value is -2.27. The van der Waals surface area contributed by atoms with Gasteiger partial charge in [0.2, 0.25) is 0 Å². The van der Waals surface area contributed by atoms with Gasteiger partial charge in [0.05, 0.1) is 11.6 Å². The molecule has 1 aromatic carbocycles. The monoisotopic (exact) mass is 398 g/mol. The van der Waals surface area contributed by atoms with E-state index < -0.39 is 0 Å². The fraction of sp³-hybridized carbons (Fsp3) is 0.391. The number of aliphatic imine (C=N–C) groups is 1. The fourth-order valence-electron chi connectivity index (χ4n) is 2.95. The number of hydrogen-bond acceptors (Lipinski definition) is 5. The average molecular weight is 399 g/mol. The van der Waals surface area contributed by atoms with Crippen molar-refractivity contribution < 1.29 is 4.42 Å². The molecule has 2 rings (SSSR count). The first-order chi connectivity index (χ1) is 13.5. The van der Waals surface area contributed by atoms with Crippen LogP contribution in [0.1, 0.15) is 39.7 Å². The van der Waals surface area contributed by atoms with E-state index in [4.69, 9.17) is 9.41 Å². The quantitative estimate of drug-likeness (QED) is 0.249. The second-order valence-corrected chi connectivity index (χ2v) is 7.24. The predicted octanol–water partition coefficient (Wildman–Crippen LogP) is 5.66. The number of allylic oxidation sites excluding steroid dienone is 3. The third-order valence-corrected chi connectivity index (χ3v) is 5.17. The average Bonchev–Trinajstić information content (AvgIpc) is 2.70. The summed E-state index contributed by atoms with van der Waals surface area (Å²) < 4.78 is 5.57. The van der Waals surface area contributed by atoms with E-state index in [-0.39, 0.29) is 11.7 Å². The SMILES string of the molecule is CC/C=C\C=C/C(C)N=C(SC)c1cc2cc(N(CC)CC)ccc2oc1=O. The lowest BCUT2D eigenvalue weighted by Crippen LogP contribution is -2.21. The van der Waals surface area contributed by atoms with Crippen LogP contribution >= 0.6 is 11.8 Å². The van der Waals surface area contributed by atoms with Crippen LogP contribution in [-0.4, -0.2) is 30.4 Å². The Morgan fingerprint density at radius 1 is 1.21 bits per heavy atom. The molecule has 0 aliphatic carbocycles. The van der Waals surface area contributed by atoms with Crippen molar-refractivity contribution in [3.8, 4) is 0 Å². The third kappa shape index (κ3) is 5.61. The summed E-state index contributed by atoms with van der Waals surface area (Å²) in [5.41, 5.74) is 1.89. The molecule has 28 heavy (non-hydrogen) atoms. The molecule has 0 saturated carbocycles. The van der Waals surface area contributed by atoms with Gasteiger partial charge in [-0.05, 0) is 57.7 Å². The highest BCUT2D eigenvalue weighted by molar-refractivity contribution is 8.13. The second kappa shape index (κ2) is 10.9. The predicted molar refractivity (Wildman–Crippen MR) is 124 cm³/mol. The minimum atomic E-state index is -0.349. The van der Waals surface area contributed by atoms with Crippen LogP contribution in [0.15, 0.2) is 62.8 Å². The molecular formula is C23H30N2O2S. The van der Waals surface area contributed by atoms with Gasteiger partial charge in [0.25, 0.3) is 0 Å². The molecule has 2 aromatic rings. The molecular weight excluding hydrogens is 368 g/mol. The maximum Gasteiger partial charge on any atom is 0.346 e. The van der Waals surface area contributed by atoms with Gasteiger partial charge in [0, 0.05) is 24.2 Å². The molecule has 5 heteroatoms. The maximum atomic E-state index is 12.5. The Morgan fingerprint density at radius 2 is 1.96 bits per heavy atom. The molecule has 0 saturated heterocycles. The van der Waals surface area contributed by atoms with Gasteiger partial charge >= 0.3 is 5.63 Å². The third-order valence-electron chi connectivity index (χ3n) is 4.46. The highest BCUT2D eigenvalue weighted by Gasteiger charge is 2.13. The minimum Gasteiger partial charge on any atom is -0.422 e. The molecule has 1 aromatic heterocycles. The fourth-order valence-corrected chi connectivity index (χ4v) is 3.58. The molecule has 0 aliphatic heterocycles. The first-order valence-corrected chi connectivity index (χ1v) is 11.0. The van der Waals surface area contributed by atoms with Crippen LogP contribution in [0.2, 0.25) is 0 Å². The van der Waals surface area contributed by atoms with Crippen molar-refractivity contribution in [2.45, 2.75) is 40.2 Å². The zero-order chi connectivity index (χ0) is 20.5. The van der Waals surface area contributed by atoms with E-state index >= 15 is 0 Å². The lowest BCUT2D eigenvalue weighted by Gasteiger charge is -2.21. The summed E-state index contributed by atoms with van der Waals surface area (Å²) >= 11 is 1.46. The van der Waals surface area contributed by atoms with Crippen molar-refractivity contribution >= 4 is 33.5 Å². The van der Waals surface area contributed by atoms with Crippen molar-refractivity contribution in [2.24, 2.45) is 4.99 Å². The van der Waals surface area contributed by atoms with Gasteiger partial charge in [0.15, 0.2) is 0 Å². The first-order valence-electron chi connectivity index (χ1n) is 9.82. The summed E-state index contributed by atoms with van der Waals surface area (Å²) in [4.78, 5) is 19.5. The highest BCUT2D eigenvalue weighted by Crippen LogP contribution is 2.23. The van der Waals surface area contributed by atoms with Gasteiger partial charge in [-0.3, -0.25) is 4.99 Å². The van der Waals surface area contributed by atoms with Crippen LogP contribution in [0.25, 0.3) is 11.0 Å². The second-order valence-electron chi connectivity index (χ2n) is 6.44. The van der Waals surface area contributed by atoms with Crippen LogP contribution in [0.3, 0.4) is 0 Å². The molecule has 0 spiro atoms. The number of anilines is 1. The highest BCUT2D eigenvalue weighted by atomic mass is 32.2. The molecule has 0 fully saturated rings. The van der Waals surface area contributed by atoms with E-state index in [1.165, 1.54) is 11.8 Å². The van der Waals surface area contributed by atoms with Crippen LogP contribution in [0.5, 0.6) is 0 Å². The Balaban J connectivity index is 2.43. The lowest BCUT2D eigenvalue weighted by molar-refractivity contribution is 0.559. The summed E-state index contributed by atoms with van der Waals surface area (Å²) in [6.45, 7) is 10.2. The van der Waals surface area contributed by atoms with Gasteiger partial charge < -0.3 is 9.32 Å². The van der Waals surface area contributed by atoms with Gasteiger partial charge in [-0.15, -0.1) is 11.8 Å². The van der Waals surface area contributed by atoms with Gasteiger partial charge in [0.1, 0.15) is 10.6 Å². The van der Waals surface area contributed by atoms with E-state index in [1.54, 1.807) is 0 Å². The van der Waals surface area contributed by atoms with Gasteiger partial charge in [-0.1, -0.05) is 31.2 Å². The van der Waals surface area contributed by atoms with E-state index in [0.717, 1.165) is 30.6 Å². The molecule has 4 nitrogen and oxygen atoms in total. The standard InChI is InChI=1S/C23H30N2O2S/c1-6-9-10-11-12-17(4)24-22(28-5)20-16-18-15-19(25(7-2)8-3)13-14-21(18)27-23(20)26/h9-17H,6-8H2,1-5H3/b10-9-,12-11-,24-22?. The van der Waals surface area contributed by atoms with E-state index in [2.05, 4.69) is 37.8 Å². The lowest BCUT2D eigenvalue weighted by atomic mass is 10.1. The molecule has 1 unspecified atom stereocenters. The van der Waals surface area contributed by atoms with Crippen LogP contribution in [-0.2, 0) is 0 Å². The van der Waals surface area contributed by atoms with E-state index in [1.807, 2.05) is 49.6 Å². The van der Waals surface area contributed by atoms with Crippen molar-refractivity contribution in [3.63, 3.8) is 0 Å². The summed E-state index contributed by atoms with van der Waals surface area (Å²) in [5, 5.41) is 1.61. The molecule has 0 amide bonds. The van der Waals surface area contributed by atoms with Crippen molar-refractivity contribution in [1.82, 2.24) is 0 Å². The molecule has 0 aliphatic rings. The minimum absolute atomic E-state index is 0.0268. The summed E-state index contributed by atoms with van der Waals surface area (Å²) in [6.07, 6.45) is 11.1. The zero-order valence-corrected chi connectivity index (χ0v) is 18.3. The van der Waals surface area contributed by atoms with E-state index in [9.17, 15) is 4.79 Å². The molecule has 0 radical (unpaired) electrons. The molecule has 1 heterocycles. The van der Waals surface area contributed by atoms with Crippen LogP contribution < -0.4 is 10.5 Å². The molecule has 0 bridgehead atoms. The summed E-state index contributed by atoms with van der Waals surface area (Å²) in [7, 11) is 0. The molecule has 150 valence electrons. The van der Waals surface area contributed by atoms with Gasteiger partial charge in [-0.2, -0.15) is 0 Å². The Morgan fingerprint density at radius 3 is 2.61 bits per heavy atom. The summed E-state index contributed by atoms with van der Waals surface area (Å²) in [5.74, 6) is 0. The number of thioether (sulfide) groups is 1. The van der Waals surface area contributed by atoms with Gasteiger partial charge in [-0.25, -0.2) is 4.79 Å². The van der Waals surface area contributed by atoms with Crippen molar-refractivity contribution in [3.05, 3.63) is 64.6 Å². The first kappa shape index (κ1) is 22.0. The summed E-state index contributed by atoms with van der Waals surface area (Å²) in [6, 6.07) is 7.82. The smallest absolute Gasteiger partial charge is 0.346 e. The zero-order valence-electron chi connectivity index (χ0n) is 17.4. The normalized spacial score (nSPS) is 13.7. The largest absolute Gasteiger partial charge is 0.422 e. The Labute approximate surface area is 172 Å². The maximum absolute atomic E-state index is 12.5. The number of rotatable bonds is 8. The molecule has 0 N–H and O–H groups in total. The Bertz CT molecular complexity index is 924. The number of nitrogens with zero attached hydrogens (tertiary/aromatic N) is 2. The van der Waals surface area contributed by atoms with Crippen LogP contribution in [0, 0.1) is 0 Å². The van der Waals surface area contributed by atoms with Crippen molar-refractivity contribution in [2.75, 3.05) is 24.2 Å².